The number of aromatic nitrogens is 1. The third kappa shape index (κ3) is 4.66. The van der Waals surface area contributed by atoms with Crippen LogP contribution in [0.3, 0.4) is 0 Å². The molecule has 3 aromatic rings. The van der Waals surface area contributed by atoms with Crippen molar-refractivity contribution in [2.75, 3.05) is 27.3 Å². The van der Waals surface area contributed by atoms with Crippen LogP contribution in [0.4, 0.5) is 0 Å². The van der Waals surface area contributed by atoms with Crippen molar-refractivity contribution in [3.8, 4) is 22.8 Å². The molecule has 1 aromatic heterocycles. The Morgan fingerprint density at radius 3 is 2.23 bits per heavy atom. The molecule has 0 aliphatic rings. The van der Waals surface area contributed by atoms with Crippen LogP contribution in [0.15, 0.2) is 52.7 Å². The second kappa shape index (κ2) is 9.59. The first-order chi connectivity index (χ1) is 14.4. The van der Waals surface area contributed by atoms with Crippen molar-refractivity contribution in [2.24, 2.45) is 0 Å². The lowest BCUT2D eigenvalue weighted by Crippen LogP contribution is -2.30. The van der Waals surface area contributed by atoms with Crippen LogP contribution in [0.25, 0.3) is 11.3 Å². The van der Waals surface area contributed by atoms with Gasteiger partial charge in [0.2, 0.25) is 10.0 Å². The van der Waals surface area contributed by atoms with E-state index in [1.165, 1.54) is 4.31 Å². The van der Waals surface area contributed by atoms with E-state index < -0.39 is 10.0 Å². The van der Waals surface area contributed by atoms with Crippen LogP contribution in [0.1, 0.15) is 24.4 Å². The molecule has 0 aliphatic carbocycles. The summed E-state index contributed by atoms with van der Waals surface area (Å²) in [6.45, 7) is 4.58. The Balaban J connectivity index is 1.78. The fraction of sp³-hybridized carbons (Fsp3) is 0.318. The SMILES string of the molecule is CCN(CC)S(=O)(=O)c1ccc(-c2csc(Cc3ccc(OC)c(OC)c3)n2)cc1. The van der Waals surface area contributed by atoms with Crippen LogP contribution < -0.4 is 9.47 Å². The highest BCUT2D eigenvalue weighted by Gasteiger charge is 2.21. The minimum Gasteiger partial charge on any atom is -0.493 e. The van der Waals surface area contributed by atoms with Gasteiger partial charge in [-0.2, -0.15) is 4.31 Å². The van der Waals surface area contributed by atoms with E-state index >= 15 is 0 Å². The van der Waals surface area contributed by atoms with Gasteiger partial charge in [-0.05, 0) is 29.8 Å². The van der Waals surface area contributed by atoms with Crippen molar-refractivity contribution < 1.29 is 17.9 Å². The molecule has 8 heteroatoms. The van der Waals surface area contributed by atoms with E-state index in [4.69, 9.17) is 14.5 Å². The molecule has 160 valence electrons. The number of sulfonamides is 1. The lowest BCUT2D eigenvalue weighted by Gasteiger charge is -2.18. The molecule has 0 radical (unpaired) electrons. The molecule has 6 nitrogen and oxygen atoms in total. The van der Waals surface area contributed by atoms with Gasteiger partial charge in [-0.1, -0.05) is 32.0 Å². The Bertz CT molecular complexity index is 1090. The molecular formula is C22H26N2O4S2. The van der Waals surface area contributed by atoms with E-state index in [0.717, 1.165) is 21.8 Å². The van der Waals surface area contributed by atoms with Gasteiger partial charge in [0.25, 0.3) is 0 Å². The average molecular weight is 447 g/mol. The van der Waals surface area contributed by atoms with Gasteiger partial charge in [0.15, 0.2) is 11.5 Å². The molecule has 30 heavy (non-hydrogen) atoms. The summed E-state index contributed by atoms with van der Waals surface area (Å²) < 4.78 is 37.4. The van der Waals surface area contributed by atoms with Gasteiger partial charge in [0.05, 0.1) is 29.8 Å². The Kier molecular flexibility index (Phi) is 7.12. The van der Waals surface area contributed by atoms with Crippen molar-refractivity contribution >= 4 is 21.4 Å². The van der Waals surface area contributed by atoms with Crippen molar-refractivity contribution in [3.05, 3.63) is 58.4 Å². The monoisotopic (exact) mass is 446 g/mol. The predicted molar refractivity (Wildman–Crippen MR) is 120 cm³/mol. The van der Waals surface area contributed by atoms with E-state index in [-0.39, 0.29) is 0 Å². The first-order valence-corrected chi connectivity index (χ1v) is 12.0. The van der Waals surface area contributed by atoms with Crippen LogP contribution in [-0.2, 0) is 16.4 Å². The highest BCUT2D eigenvalue weighted by molar-refractivity contribution is 7.89. The molecule has 0 unspecified atom stereocenters. The second-order valence-electron chi connectivity index (χ2n) is 6.61. The topological polar surface area (TPSA) is 68.7 Å². The molecule has 2 aromatic carbocycles. The molecule has 0 bridgehead atoms. The number of benzene rings is 2. The summed E-state index contributed by atoms with van der Waals surface area (Å²) in [5.74, 6) is 1.39. The summed E-state index contributed by atoms with van der Waals surface area (Å²) in [5, 5.41) is 2.96. The van der Waals surface area contributed by atoms with Crippen molar-refractivity contribution in [1.82, 2.24) is 9.29 Å². The molecule has 0 amide bonds. The van der Waals surface area contributed by atoms with Crippen LogP contribution in [0.2, 0.25) is 0 Å². The lowest BCUT2D eigenvalue weighted by molar-refractivity contribution is 0.354. The van der Waals surface area contributed by atoms with E-state index in [9.17, 15) is 8.42 Å². The normalized spacial score (nSPS) is 11.6. The summed E-state index contributed by atoms with van der Waals surface area (Å²) >= 11 is 1.57. The van der Waals surface area contributed by atoms with Gasteiger partial charge in [0, 0.05) is 30.5 Å². The summed E-state index contributed by atoms with van der Waals surface area (Å²) in [7, 11) is -0.222. The molecule has 0 N–H and O–H groups in total. The largest absolute Gasteiger partial charge is 0.493 e. The Labute approximate surface area is 182 Å². The summed E-state index contributed by atoms with van der Waals surface area (Å²) in [5.41, 5.74) is 2.81. The van der Waals surface area contributed by atoms with Gasteiger partial charge < -0.3 is 9.47 Å². The smallest absolute Gasteiger partial charge is 0.243 e. The number of ether oxygens (including phenoxy) is 2. The lowest BCUT2D eigenvalue weighted by atomic mass is 10.1. The highest BCUT2D eigenvalue weighted by atomic mass is 32.2. The van der Waals surface area contributed by atoms with Gasteiger partial charge in [-0.3, -0.25) is 0 Å². The van der Waals surface area contributed by atoms with Crippen molar-refractivity contribution in [2.45, 2.75) is 25.2 Å². The Morgan fingerprint density at radius 1 is 0.967 bits per heavy atom. The number of thiazole rings is 1. The first kappa shape index (κ1) is 22.3. The van der Waals surface area contributed by atoms with Crippen molar-refractivity contribution in [1.29, 1.82) is 0 Å². The first-order valence-electron chi connectivity index (χ1n) is 9.68. The summed E-state index contributed by atoms with van der Waals surface area (Å²) in [6, 6.07) is 12.8. The zero-order valence-electron chi connectivity index (χ0n) is 17.6. The van der Waals surface area contributed by atoms with E-state index in [1.807, 2.05) is 49.6 Å². The minimum absolute atomic E-state index is 0.302. The molecule has 0 aliphatic heterocycles. The van der Waals surface area contributed by atoms with Crippen LogP contribution in [-0.4, -0.2) is 45.0 Å². The molecule has 0 saturated heterocycles. The third-order valence-electron chi connectivity index (χ3n) is 4.85. The number of hydrogen-bond donors (Lipinski definition) is 0. The third-order valence-corrected chi connectivity index (χ3v) is 7.76. The number of hydrogen-bond acceptors (Lipinski definition) is 6. The van der Waals surface area contributed by atoms with Gasteiger partial charge in [-0.25, -0.2) is 13.4 Å². The molecule has 0 saturated carbocycles. The molecule has 0 atom stereocenters. The Hall–Kier alpha value is -2.42. The maximum Gasteiger partial charge on any atom is 0.243 e. The summed E-state index contributed by atoms with van der Waals surface area (Å²) in [6.07, 6.45) is 0.680. The minimum atomic E-state index is -3.45. The fourth-order valence-corrected chi connectivity index (χ4v) is 5.50. The van der Waals surface area contributed by atoms with Crippen LogP contribution in [0, 0.1) is 0 Å². The van der Waals surface area contributed by atoms with E-state index in [0.29, 0.717) is 35.9 Å². The predicted octanol–water partition coefficient (Wildman–Crippen LogP) is 4.45. The van der Waals surface area contributed by atoms with Gasteiger partial charge in [0.1, 0.15) is 0 Å². The van der Waals surface area contributed by atoms with E-state index in [1.54, 1.807) is 37.7 Å². The second-order valence-corrected chi connectivity index (χ2v) is 9.49. The van der Waals surface area contributed by atoms with Gasteiger partial charge >= 0.3 is 0 Å². The zero-order valence-corrected chi connectivity index (χ0v) is 19.2. The number of nitrogens with zero attached hydrogens (tertiary/aromatic N) is 2. The molecule has 0 fully saturated rings. The number of methoxy groups -OCH3 is 2. The summed E-state index contributed by atoms with van der Waals surface area (Å²) in [4.78, 5) is 5.02. The van der Waals surface area contributed by atoms with Gasteiger partial charge in [-0.15, -0.1) is 11.3 Å². The zero-order chi connectivity index (χ0) is 21.7. The molecule has 3 rings (SSSR count). The fourth-order valence-electron chi connectivity index (χ4n) is 3.20. The standard InChI is InChI=1S/C22H26N2O4S2/c1-5-24(6-2)30(25,26)18-10-8-17(9-11-18)19-15-29-22(23-19)14-16-7-12-20(27-3)21(13-16)28-4/h7-13,15H,5-6,14H2,1-4H3. The Morgan fingerprint density at radius 2 is 1.63 bits per heavy atom. The molecule has 1 heterocycles. The quantitative estimate of drug-likeness (QED) is 0.486. The maximum absolute atomic E-state index is 12.6. The number of rotatable bonds is 9. The van der Waals surface area contributed by atoms with Crippen LogP contribution in [0.5, 0.6) is 11.5 Å². The highest BCUT2D eigenvalue weighted by Crippen LogP contribution is 2.30. The van der Waals surface area contributed by atoms with E-state index in [2.05, 4.69) is 0 Å². The van der Waals surface area contributed by atoms with Crippen LogP contribution >= 0.6 is 11.3 Å². The average Bonchev–Trinajstić information content (AvgIpc) is 3.23. The molecular weight excluding hydrogens is 420 g/mol. The maximum atomic E-state index is 12.6. The van der Waals surface area contributed by atoms with Crippen molar-refractivity contribution in [3.63, 3.8) is 0 Å². The molecule has 0 spiro atoms.